The molecule has 4 heteroatoms. The molecule has 0 saturated heterocycles. The number of carbonyl (C=O) groups is 1. The van der Waals surface area contributed by atoms with Gasteiger partial charge in [0.1, 0.15) is 5.52 Å². The van der Waals surface area contributed by atoms with Crippen molar-refractivity contribution in [2.24, 2.45) is 0 Å². The molecule has 0 unspecified atom stereocenters. The summed E-state index contributed by atoms with van der Waals surface area (Å²) >= 11 is 0. The Balaban J connectivity index is 2.10. The molecule has 0 atom stereocenters. The molecule has 0 aliphatic heterocycles. The van der Waals surface area contributed by atoms with Crippen molar-refractivity contribution in [3.8, 4) is 0 Å². The van der Waals surface area contributed by atoms with E-state index in [2.05, 4.69) is 5.10 Å². The topological polar surface area (TPSA) is 54.1 Å². The fourth-order valence-corrected chi connectivity index (χ4v) is 1.57. The largest absolute Gasteiger partial charge is 0.481 e. The van der Waals surface area contributed by atoms with Crippen LogP contribution in [0.3, 0.4) is 0 Å². The van der Waals surface area contributed by atoms with Crippen molar-refractivity contribution < 1.29 is 14.6 Å². The summed E-state index contributed by atoms with van der Waals surface area (Å²) in [5.41, 5.74) is 0.931. The monoisotopic (exact) mass is 217 g/mol. The van der Waals surface area contributed by atoms with Crippen LogP contribution in [0.4, 0.5) is 0 Å². The van der Waals surface area contributed by atoms with Crippen LogP contribution in [0, 0.1) is 0 Å². The SMILES string of the molecule is O=C(O)CCC[n+]1ccc2ccccc2n1. The molecule has 4 nitrogen and oxygen atoms in total. The number of benzene rings is 1. The van der Waals surface area contributed by atoms with E-state index in [-0.39, 0.29) is 6.42 Å². The van der Waals surface area contributed by atoms with Gasteiger partial charge in [0, 0.05) is 23.0 Å². The number of aromatic nitrogens is 2. The first-order valence-electron chi connectivity index (χ1n) is 5.23. The predicted octanol–water partition coefficient (Wildman–Crippen LogP) is 1.39. The van der Waals surface area contributed by atoms with E-state index in [1.54, 1.807) is 4.68 Å². The lowest BCUT2D eigenvalue weighted by Gasteiger charge is -1.95. The molecular formula is C12H13N2O2+. The van der Waals surface area contributed by atoms with Crippen LogP contribution in [-0.4, -0.2) is 16.2 Å². The van der Waals surface area contributed by atoms with E-state index in [1.165, 1.54) is 0 Å². The Morgan fingerprint density at radius 2 is 2.12 bits per heavy atom. The fraction of sp³-hybridized carbons (Fsp3) is 0.250. The first-order chi connectivity index (χ1) is 7.75. The zero-order chi connectivity index (χ0) is 11.4. The lowest BCUT2D eigenvalue weighted by molar-refractivity contribution is -0.751. The summed E-state index contributed by atoms with van der Waals surface area (Å²) in [4.78, 5) is 10.4. The summed E-state index contributed by atoms with van der Waals surface area (Å²) in [5, 5.41) is 14.0. The van der Waals surface area contributed by atoms with Gasteiger partial charge in [0.05, 0.1) is 6.42 Å². The molecule has 2 aromatic rings. The van der Waals surface area contributed by atoms with Gasteiger partial charge in [-0.3, -0.25) is 4.79 Å². The van der Waals surface area contributed by atoms with E-state index in [0.29, 0.717) is 13.0 Å². The van der Waals surface area contributed by atoms with Gasteiger partial charge in [0.25, 0.3) is 0 Å². The Kier molecular flexibility index (Phi) is 3.10. The minimum absolute atomic E-state index is 0.182. The summed E-state index contributed by atoms with van der Waals surface area (Å²) < 4.78 is 1.78. The lowest BCUT2D eigenvalue weighted by atomic mass is 10.2. The molecular weight excluding hydrogens is 204 g/mol. The van der Waals surface area contributed by atoms with E-state index < -0.39 is 5.97 Å². The molecule has 0 bridgehead atoms. The third kappa shape index (κ3) is 2.53. The van der Waals surface area contributed by atoms with Gasteiger partial charge in [-0.1, -0.05) is 22.9 Å². The molecule has 1 aromatic heterocycles. The molecule has 0 aliphatic rings. The van der Waals surface area contributed by atoms with E-state index in [0.717, 1.165) is 10.9 Å². The summed E-state index contributed by atoms with van der Waals surface area (Å²) in [5.74, 6) is -0.763. The molecule has 0 spiro atoms. The Labute approximate surface area is 93.1 Å². The molecule has 0 saturated carbocycles. The van der Waals surface area contributed by atoms with Crippen LogP contribution < -0.4 is 4.68 Å². The van der Waals surface area contributed by atoms with Crippen LogP contribution >= 0.6 is 0 Å². The maximum Gasteiger partial charge on any atom is 0.303 e. The average molecular weight is 217 g/mol. The third-order valence-corrected chi connectivity index (χ3v) is 2.38. The van der Waals surface area contributed by atoms with Gasteiger partial charge in [0.15, 0.2) is 12.7 Å². The summed E-state index contributed by atoms with van der Waals surface area (Å²) in [6, 6.07) is 9.85. The van der Waals surface area contributed by atoms with Crippen molar-refractivity contribution >= 4 is 16.9 Å². The first-order valence-corrected chi connectivity index (χ1v) is 5.23. The van der Waals surface area contributed by atoms with Crippen LogP contribution in [0.25, 0.3) is 10.9 Å². The number of nitrogens with zero attached hydrogens (tertiary/aromatic N) is 2. The Hall–Kier alpha value is -1.97. The first kappa shape index (κ1) is 10.5. The zero-order valence-corrected chi connectivity index (χ0v) is 8.84. The number of fused-ring (bicyclic) bond motifs is 1. The second-order valence-corrected chi connectivity index (χ2v) is 3.63. The quantitative estimate of drug-likeness (QED) is 0.787. The standard InChI is InChI=1S/C12H12N2O2/c15-12(16)6-3-8-14-9-7-10-4-1-2-5-11(10)13-14/h1-2,4-5,7,9H,3,6,8H2/p+1. The minimum atomic E-state index is -0.763. The summed E-state index contributed by atoms with van der Waals surface area (Å²) in [7, 11) is 0. The maximum absolute atomic E-state index is 10.4. The highest BCUT2D eigenvalue weighted by Crippen LogP contribution is 2.06. The second kappa shape index (κ2) is 4.70. The number of aryl methyl sites for hydroxylation is 1. The van der Waals surface area contributed by atoms with E-state index >= 15 is 0 Å². The van der Waals surface area contributed by atoms with Crippen molar-refractivity contribution in [1.82, 2.24) is 5.10 Å². The van der Waals surface area contributed by atoms with Crippen molar-refractivity contribution in [3.05, 3.63) is 36.5 Å². The Bertz CT molecular complexity index is 511. The number of aliphatic carboxylic acids is 1. The molecule has 1 aromatic carbocycles. The summed E-state index contributed by atoms with van der Waals surface area (Å²) in [6.45, 7) is 0.636. The Morgan fingerprint density at radius 3 is 2.94 bits per heavy atom. The van der Waals surface area contributed by atoms with Crippen LogP contribution in [-0.2, 0) is 11.3 Å². The van der Waals surface area contributed by atoms with Crippen LogP contribution in [0.2, 0.25) is 0 Å². The van der Waals surface area contributed by atoms with Crippen molar-refractivity contribution in [3.63, 3.8) is 0 Å². The molecule has 1 N–H and O–H groups in total. The third-order valence-electron chi connectivity index (χ3n) is 2.38. The maximum atomic E-state index is 10.4. The van der Waals surface area contributed by atoms with Crippen LogP contribution in [0.1, 0.15) is 12.8 Å². The van der Waals surface area contributed by atoms with Gasteiger partial charge in [-0.15, -0.1) is 0 Å². The van der Waals surface area contributed by atoms with Crippen LogP contribution in [0.5, 0.6) is 0 Å². The van der Waals surface area contributed by atoms with Gasteiger partial charge < -0.3 is 5.11 Å². The van der Waals surface area contributed by atoms with Crippen molar-refractivity contribution in [2.45, 2.75) is 19.4 Å². The minimum Gasteiger partial charge on any atom is -0.481 e. The van der Waals surface area contributed by atoms with Gasteiger partial charge in [-0.2, -0.15) is 0 Å². The molecule has 0 amide bonds. The Morgan fingerprint density at radius 1 is 1.31 bits per heavy atom. The van der Waals surface area contributed by atoms with E-state index in [4.69, 9.17) is 5.11 Å². The molecule has 0 radical (unpaired) electrons. The smallest absolute Gasteiger partial charge is 0.303 e. The van der Waals surface area contributed by atoms with Gasteiger partial charge in [0.2, 0.25) is 0 Å². The van der Waals surface area contributed by atoms with Crippen molar-refractivity contribution in [1.29, 1.82) is 0 Å². The molecule has 2 rings (SSSR count). The molecule has 1 heterocycles. The normalized spacial score (nSPS) is 10.5. The highest BCUT2D eigenvalue weighted by Gasteiger charge is 2.06. The molecule has 0 fully saturated rings. The predicted molar refractivity (Wildman–Crippen MR) is 58.8 cm³/mol. The highest BCUT2D eigenvalue weighted by atomic mass is 16.4. The molecule has 82 valence electrons. The number of hydrogen-bond donors (Lipinski definition) is 1. The van der Waals surface area contributed by atoms with Crippen LogP contribution in [0.15, 0.2) is 36.5 Å². The summed E-state index contributed by atoms with van der Waals surface area (Å²) in [6.07, 6.45) is 2.66. The number of carboxylic acids is 1. The highest BCUT2D eigenvalue weighted by molar-refractivity contribution is 5.76. The number of rotatable bonds is 4. The van der Waals surface area contributed by atoms with E-state index in [9.17, 15) is 4.79 Å². The van der Waals surface area contributed by atoms with Crippen molar-refractivity contribution in [2.75, 3.05) is 0 Å². The second-order valence-electron chi connectivity index (χ2n) is 3.63. The fourth-order valence-electron chi connectivity index (χ4n) is 1.57. The lowest BCUT2D eigenvalue weighted by Crippen LogP contribution is -2.37. The molecule has 0 aliphatic carbocycles. The number of hydrogen-bond acceptors (Lipinski definition) is 2. The van der Waals surface area contributed by atoms with Gasteiger partial charge >= 0.3 is 5.97 Å². The van der Waals surface area contributed by atoms with Gasteiger partial charge in [-0.25, -0.2) is 0 Å². The van der Waals surface area contributed by atoms with Gasteiger partial charge in [-0.05, 0) is 6.07 Å². The molecule has 16 heavy (non-hydrogen) atoms. The average Bonchev–Trinajstić information content (AvgIpc) is 2.28. The number of carboxylic acid groups (broad SMARTS) is 1. The zero-order valence-electron chi connectivity index (χ0n) is 8.84. The van der Waals surface area contributed by atoms with E-state index in [1.807, 2.05) is 36.5 Å².